The number of nitrogens with one attached hydrogen (secondary N) is 1. The molecular formula is C23H26BrFN2O3. The molecule has 2 aromatic rings. The highest BCUT2D eigenvalue weighted by atomic mass is 79.9. The highest BCUT2D eigenvalue weighted by molar-refractivity contribution is 9.10. The summed E-state index contributed by atoms with van der Waals surface area (Å²) in [5, 5.41) is 3.10. The fraction of sp³-hybridized carbons (Fsp3) is 0.435. The Balaban J connectivity index is 1.91. The lowest BCUT2D eigenvalue weighted by molar-refractivity contribution is -0.120. The number of halogens is 2. The number of carbonyl (C=O) groups excluding carboxylic acids is 1. The average Bonchev–Trinajstić information content (AvgIpc) is 3.46. The summed E-state index contributed by atoms with van der Waals surface area (Å²) in [6, 6.07) is 9.73. The van der Waals surface area contributed by atoms with Crippen LogP contribution in [0, 0.1) is 0 Å². The molecule has 2 atom stereocenters. The van der Waals surface area contributed by atoms with Crippen molar-refractivity contribution in [1.82, 2.24) is 4.90 Å². The molecule has 0 spiro atoms. The smallest absolute Gasteiger partial charge is 0.298 e. The van der Waals surface area contributed by atoms with Crippen molar-refractivity contribution in [2.75, 3.05) is 26.0 Å². The number of carbonyl (C=O) groups is 1. The van der Waals surface area contributed by atoms with E-state index in [2.05, 4.69) is 33.1 Å². The second-order valence-electron chi connectivity index (χ2n) is 8.14. The summed E-state index contributed by atoms with van der Waals surface area (Å²) in [6.07, 6.45) is 1.87. The molecule has 7 heteroatoms. The van der Waals surface area contributed by atoms with Gasteiger partial charge in [0, 0.05) is 35.2 Å². The standard InChI is InChI=1S/C23H26BrFN2O3/c1-14-10-18-16(6-7-19(26-2)22(18)30-13-28)21(27(14)12-23(25)8-9-23)17-5-4-15(24)11-20(17)29-3/h4-7,11,13-14,21,26H,8-10,12H2,1-3H3/t14-,21?/m1/s1. The summed E-state index contributed by atoms with van der Waals surface area (Å²) in [6.45, 7) is 2.93. The molecule has 1 aliphatic heterocycles. The van der Waals surface area contributed by atoms with Crippen LogP contribution in [-0.4, -0.2) is 43.8 Å². The summed E-state index contributed by atoms with van der Waals surface area (Å²) < 4.78 is 26.9. The molecule has 30 heavy (non-hydrogen) atoms. The fourth-order valence-electron chi connectivity index (χ4n) is 4.46. The number of benzene rings is 2. The molecule has 1 fully saturated rings. The average molecular weight is 477 g/mol. The molecular weight excluding hydrogens is 451 g/mol. The van der Waals surface area contributed by atoms with Gasteiger partial charge >= 0.3 is 0 Å². The van der Waals surface area contributed by atoms with Crippen LogP contribution in [-0.2, 0) is 11.2 Å². The summed E-state index contributed by atoms with van der Waals surface area (Å²) in [7, 11) is 3.44. The maximum Gasteiger partial charge on any atom is 0.298 e. The minimum atomic E-state index is -1.13. The van der Waals surface area contributed by atoms with Crippen molar-refractivity contribution in [1.29, 1.82) is 0 Å². The van der Waals surface area contributed by atoms with Crippen molar-refractivity contribution in [2.45, 2.75) is 43.9 Å². The molecule has 5 nitrogen and oxygen atoms in total. The van der Waals surface area contributed by atoms with Gasteiger partial charge in [0.05, 0.1) is 18.8 Å². The number of rotatable bonds is 7. The topological polar surface area (TPSA) is 50.8 Å². The number of nitrogens with zero attached hydrogens (tertiary/aromatic N) is 1. The summed E-state index contributed by atoms with van der Waals surface area (Å²) in [5.74, 6) is 1.28. The molecule has 1 N–H and O–H groups in total. The predicted octanol–water partition coefficient (Wildman–Crippen LogP) is 4.87. The largest absolute Gasteiger partial charge is 0.496 e. The molecule has 0 radical (unpaired) electrons. The van der Waals surface area contributed by atoms with Gasteiger partial charge in [-0.05, 0) is 49.9 Å². The summed E-state index contributed by atoms with van der Waals surface area (Å²) >= 11 is 3.51. The molecule has 4 rings (SSSR count). The van der Waals surface area contributed by atoms with Crippen molar-refractivity contribution < 1.29 is 18.7 Å². The maximum atomic E-state index is 14.9. The Labute approximate surface area is 184 Å². The highest BCUT2D eigenvalue weighted by Crippen LogP contribution is 2.49. The zero-order chi connectivity index (χ0) is 21.5. The third-order valence-electron chi connectivity index (χ3n) is 6.17. The van der Waals surface area contributed by atoms with Gasteiger partial charge in [-0.3, -0.25) is 9.69 Å². The highest BCUT2D eigenvalue weighted by Gasteiger charge is 2.48. The van der Waals surface area contributed by atoms with Crippen LogP contribution in [0.15, 0.2) is 34.8 Å². The van der Waals surface area contributed by atoms with Gasteiger partial charge in [0.2, 0.25) is 0 Å². The van der Waals surface area contributed by atoms with Crippen molar-refractivity contribution in [3.63, 3.8) is 0 Å². The first-order valence-electron chi connectivity index (χ1n) is 10.1. The Morgan fingerprint density at radius 2 is 2.03 bits per heavy atom. The van der Waals surface area contributed by atoms with Crippen LogP contribution in [0.3, 0.4) is 0 Å². The molecule has 1 saturated carbocycles. The lowest BCUT2D eigenvalue weighted by Gasteiger charge is -2.43. The van der Waals surface area contributed by atoms with Crippen LogP contribution in [0.2, 0.25) is 0 Å². The Morgan fingerprint density at radius 3 is 2.67 bits per heavy atom. The molecule has 2 aromatic carbocycles. The Bertz CT molecular complexity index is 964. The Hall–Kier alpha value is -2.12. The lowest BCUT2D eigenvalue weighted by Crippen LogP contribution is -2.46. The first-order chi connectivity index (χ1) is 14.4. The normalized spacial score (nSPS) is 22.2. The van der Waals surface area contributed by atoms with Gasteiger partial charge in [0.25, 0.3) is 6.47 Å². The molecule has 2 aliphatic rings. The molecule has 0 amide bonds. The lowest BCUT2D eigenvalue weighted by atomic mass is 9.83. The van der Waals surface area contributed by atoms with E-state index in [1.807, 2.05) is 30.3 Å². The zero-order valence-electron chi connectivity index (χ0n) is 17.4. The van der Waals surface area contributed by atoms with Gasteiger partial charge in [0.1, 0.15) is 11.4 Å². The molecule has 160 valence electrons. The summed E-state index contributed by atoms with van der Waals surface area (Å²) in [5.41, 5.74) is 2.57. The van der Waals surface area contributed by atoms with Crippen molar-refractivity contribution in [3.05, 3.63) is 51.5 Å². The molecule has 1 heterocycles. The predicted molar refractivity (Wildman–Crippen MR) is 118 cm³/mol. The van der Waals surface area contributed by atoms with Crippen LogP contribution in [0.5, 0.6) is 11.5 Å². The van der Waals surface area contributed by atoms with E-state index in [1.54, 1.807) is 14.2 Å². The van der Waals surface area contributed by atoms with Crippen LogP contribution >= 0.6 is 15.9 Å². The van der Waals surface area contributed by atoms with Gasteiger partial charge < -0.3 is 14.8 Å². The number of hydrogen-bond acceptors (Lipinski definition) is 5. The van der Waals surface area contributed by atoms with Crippen LogP contribution in [0.1, 0.15) is 42.5 Å². The molecule has 1 aliphatic carbocycles. The maximum absolute atomic E-state index is 14.9. The SMILES string of the molecule is CNc1ccc2c(c1OC=O)C[C@@H](C)N(CC1(F)CC1)C2c1ccc(Br)cc1OC. The molecule has 0 aromatic heterocycles. The number of alkyl halides is 1. The van der Waals surface area contributed by atoms with Crippen molar-refractivity contribution in [3.8, 4) is 11.5 Å². The first-order valence-corrected chi connectivity index (χ1v) is 10.9. The molecule has 0 bridgehead atoms. The van der Waals surface area contributed by atoms with E-state index in [0.717, 1.165) is 32.6 Å². The number of fused-ring (bicyclic) bond motifs is 1. The minimum Gasteiger partial charge on any atom is -0.496 e. The third-order valence-corrected chi connectivity index (χ3v) is 6.67. The second kappa shape index (κ2) is 8.19. The van der Waals surface area contributed by atoms with E-state index in [1.165, 1.54) is 0 Å². The zero-order valence-corrected chi connectivity index (χ0v) is 19.0. The van der Waals surface area contributed by atoms with E-state index < -0.39 is 5.67 Å². The number of anilines is 1. The Kier molecular flexibility index (Phi) is 5.77. The monoisotopic (exact) mass is 476 g/mol. The second-order valence-corrected chi connectivity index (χ2v) is 9.05. The molecule has 0 saturated heterocycles. The van der Waals surface area contributed by atoms with E-state index in [9.17, 15) is 9.18 Å². The van der Waals surface area contributed by atoms with Crippen LogP contribution in [0.25, 0.3) is 0 Å². The minimum absolute atomic E-state index is 0.0604. The number of ether oxygens (including phenoxy) is 2. The van der Waals surface area contributed by atoms with Crippen LogP contribution < -0.4 is 14.8 Å². The van der Waals surface area contributed by atoms with Crippen molar-refractivity contribution >= 4 is 28.1 Å². The van der Waals surface area contributed by atoms with E-state index >= 15 is 0 Å². The first kappa shape index (κ1) is 21.1. The fourth-order valence-corrected chi connectivity index (χ4v) is 4.80. The number of hydrogen-bond donors (Lipinski definition) is 1. The molecule has 1 unspecified atom stereocenters. The quantitative estimate of drug-likeness (QED) is 0.577. The summed E-state index contributed by atoms with van der Waals surface area (Å²) in [4.78, 5) is 13.5. The number of methoxy groups -OCH3 is 1. The van der Waals surface area contributed by atoms with Gasteiger partial charge in [-0.25, -0.2) is 4.39 Å². The van der Waals surface area contributed by atoms with E-state index in [4.69, 9.17) is 9.47 Å². The van der Waals surface area contributed by atoms with Gasteiger partial charge in [-0.1, -0.05) is 28.1 Å². The van der Waals surface area contributed by atoms with E-state index in [0.29, 0.717) is 38.0 Å². The van der Waals surface area contributed by atoms with E-state index in [-0.39, 0.29) is 12.1 Å². The van der Waals surface area contributed by atoms with Gasteiger partial charge in [-0.15, -0.1) is 0 Å². The van der Waals surface area contributed by atoms with Crippen LogP contribution in [0.4, 0.5) is 10.1 Å². The Morgan fingerprint density at radius 1 is 1.30 bits per heavy atom. The van der Waals surface area contributed by atoms with Gasteiger partial charge in [-0.2, -0.15) is 0 Å². The van der Waals surface area contributed by atoms with Gasteiger partial charge in [0.15, 0.2) is 5.75 Å². The van der Waals surface area contributed by atoms with Crippen molar-refractivity contribution in [2.24, 2.45) is 0 Å². The third kappa shape index (κ3) is 3.81.